The molecular formula is C59H41N5. The van der Waals surface area contributed by atoms with Crippen LogP contribution in [0.2, 0.25) is 0 Å². The number of hydrogen-bond acceptors (Lipinski definition) is 1. The molecule has 5 nitrogen and oxygen atoms in total. The van der Waals surface area contributed by atoms with Gasteiger partial charge in [-0.1, -0.05) is 134 Å². The highest BCUT2D eigenvalue weighted by molar-refractivity contribution is 6.16. The Hall–Kier alpha value is -8.67. The number of fused-ring (bicyclic) bond motifs is 9. The summed E-state index contributed by atoms with van der Waals surface area (Å²) in [5, 5.41) is 7.03. The monoisotopic (exact) mass is 819 g/mol. The van der Waals surface area contributed by atoms with Gasteiger partial charge >= 0.3 is 0 Å². The zero-order valence-corrected chi connectivity index (χ0v) is 34.9. The Kier molecular flexibility index (Phi) is 8.73. The molecule has 12 aromatic rings. The molecule has 64 heavy (non-hydrogen) atoms. The van der Waals surface area contributed by atoms with Crippen molar-refractivity contribution in [3.8, 4) is 33.6 Å². The van der Waals surface area contributed by atoms with Gasteiger partial charge in [0.15, 0.2) is 0 Å². The predicted molar refractivity (Wildman–Crippen MR) is 271 cm³/mol. The van der Waals surface area contributed by atoms with Crippen LogP contribution in [0.4, 0.5) is 0 Å². The van der Waals surface area contributed by atoms with Gasteiger partial charge in [0.05, 0.1) is 33.1 Å². The molecule has 9 aromatic carbocycles. The second kappa shape index (κ2) is 15.0. The van der Waals surface area contributed by atoms with Gasteiger partial charge in [0.1, 0.15) is 0 Å². The van der Waals surface area contributed by atoms with Gasteiger partial charge in [-0.05, 0) is 124 Å². The molecule has 3 aromatic heterocycles. The van der Waals surface area contributed by atoms with Crippen LogP contribution in [-0.2, 0) is 0 Å². The van der Waals surface area contributed by atoms with Crippen molar-refractivity contribution in [3.05, 3.63) is 237 Å². The number of aliphatic imine (C=N–C) groups is 1. The maximum Gasteiger partial charge on any atom is 0.205 e. The second-order valence-electron chi connectivity index (χ2n) is 16.3. The number of hydrogen-bond donors (Lipinski definition) is 1. The number of nitrogens with two attached hydrogens (primary N) is 1. The second-order valence-corrected chi connectivity index (χ2v) is 16.3. The van der Waals surface area contributed by atoms with Crippen LogP contribution in [0, 0.1) is 0 Å². The number of nitrogens with zero attached hydrogens (tertiary/aromatic N) is 4. The highest BCUT2D eigenvalue weighted by Crippen LogP contribution is 2.39. The lowest BCUT2D eigenvalue weighted by molar-refractivity contribution is 1.18. The van der Waals surface area contributed by atoms with Crippen molar-refractivity contribution in [2.75, 3.05) is 0 Å². The summed E-state index contributed by atoms with van der Waals surface area (Å²) in [5.74, 6) is 0.382. The zero-order valence-electron chi connectivity index (χ0n) is 34.9. The Bertz CT molecular complexity index is 3850. The quantitative estimate of drug-likeness (QED) is 0.0972. The molecule has 0 bridgehead atoms. The van der Waals surface area contributed by atoms with E-state index in [4.69, 9.17) is 10.7 Å². The van der Waals surface area contributed by atoms with E-state index < -0.39 is 0 Å². The molecule has 0 aliphatic heterocycles. The fraction of sp³-hybridized carbons (Fsp3) is 0. The van der Waals surface area contributed by atoms with Crippen molar-refractivity contribution < 1.29 is 0 Å². The van der Waals surface area contributed by atoms with Crippen molar-refractivity contribution >= 4 is 77.0 Å². The lowest BCUT2D eigenvalue weighted by Crippen LogP contribution is -2.21. The summed E-state index contributed by atoms with van der Waals surface area (Å²) in [4.78, 5) is 4.81. The van der Waals surface area contributed by atoms with Gasteiger partial charge in [0.25, 0.3) is 0 Å². The molecule has 0 aliphatic rings. The van der Waals surface area contributed by atoms with Gasteiger partial charge in [-0.15, -0.1) is 0 Å². The van der Waals surface area contributed by atoms with Crippen molar-refractivity contribution in [1.29, 1.82) is 0 Å². The molecule has 0 amide bonds. The fourth-order valence-electron chi connectivity index (χ4n) is 9.65. The molecule has 0 unspecified atom stereocenters. The van der Waals surface area contributed by atoms with E-state index >= 15 is 0 Å². The van der Waals surface area contributed by atoms with E-state index in [9.17, 15) is 0 Å². The van der Waals surface area contributed by atoms with E-state index in [2.05, 4.69) is 222 Å². The maximum absolute atomic E-state index is 6.89. The number of benzene rings is 9. The smallest absolute Gasteiger partial charge is 0.205 e. The van der Waals surface area contributed by atoms with Crippen LogP contribution >= 0.6 is 0 Å². The van der Waals surface area contributed by atoms with E-state index in [1.54, 1.807) is 6.20 Å². The molecule has 0 spiro atoms. The normalized spacial score (nSPS) is 12.2. The topological polar surface area (TPSA) is 53.2 Å². The molecule has 0 saturated carbocycles. The Morgan fingerprint density at radius 3 is 1.41 bits per heavy atom. The number of allylic oxidation sites excluding steroid dienone is 2. The third-order valence-corrected chi connectivity index (χ3v) is 12.7. The summed E-state index contributed by atoms with van der Waals surface area (Å²) in [6.45, 7) is 4.48. The standard InChI is InChI=1S/C59H41N5/c1-39(41-25-29-56-51(35-41)52-36-42(40-15-5-2-6-16-40)26-30-57(52)63(56)46-19-9-4-10-20-46)33-34-61-59(60)64-54-24-14-12-22-48(54)50-38-44(28-32-58(50)64)43-27-31-55-49(37-43)47-21-11-13-23-53(47)62(55)45-17-7-3-8-18-45/h2-38H,1H2,(H2,60,61)/b34-33-. The van der Waals surface area contributed by atoms with E-state index in [0.29, 0.717) is 5.96 Å². The van der Waals surface area contributed by atoms with E-state index in [0.717, 1.165) is 71.9 Å². The molecule has 3 heterocycles. The summed E-state index contributed by atoms with van der Waals surface area (Å²) >= 11 is 0. The molecule has 0 aliphatic carbocycles. The van der Waals surface area contributed by atoms with Gasteiger partial charge in [0.2, 0.25) is 5.96 Å². The molecule has 12 rings (SSSR count). The lowest BCUT2D eigenvalue weighted by Gasteiger charge is -2.09. The summed E-state index contributed by atoms with van der Waals surface area (Å²) in [6, 6.07) is 75.5. The number of rotatable bonds is 7. The minimum atomic E-state index is 0.382. The third kappa shape index (κ3) is 6.05. The average molecular weight is 820 g/mol. The van der Waals surface area contributed by atoms with Crippen LogP contribution in [-0.4, -0.2) is 19.7 Å². The lowest BCUT2D eigenvalue weighted by atomic mass is 10.0. The van der Waals surface area contributed by atoms with Crippen LogP contribution in [0.1, 0.15) is 5.56 Å². The minimum Gasteiger partial charge on any atom is -0.369 e. The van der Waals surface area contributed by atoms with E-state index in [1.807, 2.05) is 16.7 Å². The van der Waals surface area contributed by atoms with Crippen molar-refractivity contribution in [2.24, 2.45) is 10.7 Å². The highest BCUT2D eigenvalue weighted by Gasteiger charge is 2.18. The average Bonchev–Trinajstić information content (AvgIpc) is 3.99. The van der Waals surface area contributed by atoms with Crippen molar-refractivity contribution in [2.45, 2.75) is 0 Å². The molecule has 302 valence electrons. The first-order chi connectivity index (χ1) is 31.6. The molecule has 0 fully saturated rings. The first-order valence-electron chi connectivity index (χ1n) is 21.6. The van der Waals surface area contributed by atoms with Gasteiger partial charge in [0, 0.05) is 49.9 Å². The SMILES string of the molecule is C=C(/C=C\N=C(N)n1c2ccccc2c2cc(-c3ccc4c(c3)c3ccccc3n4-c3ccccc3)ccc21)c1ccc2c(c1)c1cc(-c3ccccc3)ccc1n2-c1ccccc1. The van der Waals surface area contributed by atoms with Crippen LogP contribution in [0.25, 0.3) is 105 Å². The van der Waals surface area contributed by atoms with E-state index in [1.165, 1.54) is 38.3 Å². The van der Waals surface area contributed by atoms with Crippen LogP contribution in [0.5, 0.6) is 0 Å². The van der Waals surface area contributed by atoms with Gasteiger partial charge < -0.3 is 14.9 Å². The van der Waals surface area contributed by atoms with Crippen LogP contribution in [0.3, 0.4) is 0 Å². The first kappa shape index (κ1) is 37.1. The highest BCUT2D eigenvalue weighted by atomic mass is 15.1. The summed E-state index contributed by atoms with van der Waals surface area (Å²) in [7, 11) is 0. The maximum atomic E-state index is 6.89. The minimum absolute atomic E-state index is 0.382. The molecular weight excluding hydrogens is 779 g/mol. The number of para-hydroxylation sites is 4. The fourth-order valence-corrected chi connectivity index (χ4v) is 9.65. The Morgan fingerprint density at radius 1 is 0.391 bits per heavy atom. The van der Waals surface area contributed by atoms with Crippen LogP contribution < -0.4 is 5.73 Å². The Morgan fingerprint density at radius 2 is 0.797 bits per heavy atom. The molecule has 0 atom stereocenters. The van der Waals surface area contributed by atoms with Gasteiger partial charge in [-0.2, -0.15) is 0 Å². The zero-order chi connectivity index (χ0) is 42.7. The van der Waals surface area contributed by atoms with Crippen LogP contribution in [0.15, 0.2) is 236 Å². The Labute approximate surface area is 370 Å². The van der Waals surface area contributed by atoms with Crippen molar-refractivity contribution in [1.82, 2.24) is 13.7 Å². The Balaban J connectivity index is 0.894. The summed E-state index contributed by atoms with van der Waals surface area (Å²) in [5.41, 5.74) is 22.4. The molecule has 5 heteroatoms. The largest absolute Gasteiger partial charge is 0.369 e. The molecule has 2 N–H and O–H groups in total. The summed E-state index contributed by atoms with van der Waals surface area (Å²) in [6.07, 6.45) is 3.70. The first-order valence-corrected chi connectivity index (χ1v) is 21.6. The molecule has 0 saturated heterocycles. The third-order valence-electron chi connectivity index (χ3n) is 12.7. The van der Waals surface area contributed by atoms with Gasteiger partial charge in [-0.3, -0.25) is 4.57 Å². The predicted octanol–water partition coefficient (Wildman–Crippen LogP) is 14.7. The summed E-state index contributed by atoms with van der Waals surface area (Å²) < 4.78 is 6.74. The number of aromatic nitrogens is 3. The van der Waals surface area contributed by atoms with Gasteiger partial charge in [-0.25, -0.2) is 4.99 Å². The van der Waals surface area contributed by atoms with E-state index in [-0.39, 0.29) is 0 Å². The van der Waals surface area contributed by atoms with Crippen molar-refractivity contribution in [3.63, 3.8) is 0 Å². The molecule has 0 radical (unpaired) electrons.